The molecule has 326 valence electrons. The maximum absolute atomic E-state index is 5.18. The van der Waals surface area contributed by atoms with Crippen LogP contribution in [0, 0.1) is 13.8 Å². The van der Waals surface area contributed by atoms with E-state index >= 15 is 0 Å². The van der Waals surface area contributed by atoms with Gasteiger partial charge in [-0.05, 0) is 147 Å². The first-order valence-electron chi connectivity index (χ1n) is 23.7. The van der Waals surface area contributed by atoms with Crippen molar-refractivity contribution in [3.63, 3.8) is 0 Å². The summed E-state index contributed by atoms with van der Waals surface area (Å²) in [6.07, 6.45) is 9.76. The maximum atomic E-state index is 5.18. The zero-order valence-corrected chi connectivity index (χ0v) is 38.5. The van der Waals surface area contributed by atoms with E-state index in [0.717, 1.165) is 76.1 Å². The van der Waals surface area contributed by atoms with Gasteiger partial charge >= 0.3 is 0 Å². The predicted octanol–water partition coefficient (Wildman–Crippen LogP) is 16.4. The fourth-order valence-corrected chi connectivity index (χ4v) is 9.84. The fraction of sp³-hybridized carbons (Fsp3) is 0.0923. The molecule has 0 N–H and O–H groups in total. The third-order valence-electron chi connectivity index (χ3n) is 13.7. The summed E-state index contributed by atoms with van der Waals surface area (Å²) in [6.45, 7) is 4.52. The van der Waals surface area contributed by atoms with Crippen molar-refractivity contribution in [1.82, 2.24) is 15.0 Å². The van der Waals surface area contributed by atoms with Crippen molar-refractivity contribution < 1.29 is 0 Å². The highest BCUT2D eigenvalue weighted by atomic mass is 14.7. The second kappa shape index (κ2) is 18.9. The smallest absolute Gasteiger partial charge is 0.0708 e. The molecule has 3 heteroatoms. The summed E-state index contributed by atoms with van der Waals surface area (Å²) in [5, 5.41) is 5.16. The molecular formula is C65H51N3. The first-order valence-corrected chi connectivity index (χ1v) is 23.7. The maximum Gasteiger partial charge on any atom is 0.0708 e. The van der Waals surface area contributed by atoms with Crippen molar-refractivity contribution in [3.8, 4) is 67.2 Å². The van der Waals surface area contributed by atoms with E-state index in [0.29, 0.717) is 0 Å². The van der Waals surface area contributed by atoms with E-state index in [1.54, 1.807) is 0 Å². The number of benzene rings is 8. The molecule has 0 amide bonds. The minimum Gasteiger partial charge on any atom is -0.256 e. The van der Waals surface area contributed by atoms with Crippen LogP contribution in [0.25, 0.3) is 88.7 Å². The molecule has 0 unspecified atom stereocenters. The van der Waals surface area contributed by atoms with Gasteiger partial charge < -0.3 is 0 Å². The summed E-state index contributed by atoms with van der Waals surface area (Å²) in [4.78, 5) is 14.9. The SMILES string of the molecule is Cc1c(C)c2cc(-c3cc(-c4ccccc4)ncc3-c3ccccc3-c3cc(CCc4ccc(-c5ccccc5)nc4)cc(CCc4ccc(-c5ccccc5)nc4)c3)ccc2c2ccccc12. The number of hydrogen-bond donors (Lipinski definition) is 0. The van der Waals surface area contributed by atoms with Gasteiger partial charge in [0.25, 0.3) is 0 Å². The second-order valence-corrected chi connectivity index (χ2v) is 18.0. The van der Waals surface area contributed by atoms with Gasteiger partial charge in [-0.1, -0.05) is 182 Å². The van der Waals surface area contributed by atoms with Gasteiger partial charge in [0.1, 0.15) is 0 Å². The lowest BCUT2D eigenvalue weighted by Gasteiger charge is -2.18. The van der Waals surface area contributed by atoms with Crippen molar-refractivity contribution in [2.24, 2.45) is 0 Å². The molecule has 0 bridgehead atoms. The Morgan fingerprint density at radius 1 is 0.265 bits per heavy atom. The molecule has 0 atom stereocenters. The van der Waals surface area contributed by atoms with Crippen LogP contribution in [0.3, 0.4) is 0 Å². The zero-order chi connectivity index (χ0) is 45.8. The third kappa shape index (κ3) is 8.75. The molecule has 11 aromatic rings. The molecule has 0 spiro atoms. The van der Waals surface area contributed by atoms with Crippen LogP contribution in [-0.2, 0) is 25.7 Å². The summed E-state index contributed by atoms with van der Waals surface area (Å²) in [5.41, 5.74) is 21.0. The molecule has 68 heavy (non-hydrogen) atoms. The largest absolute Gasteiger partial charge is 0.256 e. The summed E-state index contributed by atoms with van der Waals surface area (Å²) in [5.74, 6) is 0. The van der Waals surface area contributed by atoms with E-state index in [2.05, 4.69) is 214 Å². The number of hydrogen-bond acceptors (Lipinski definition) is 3. The molecule has 8 aromatic carbocycles. The summed E-state index contributed by atoms with van der Waals surface area (Å²) in [6, 6.07) is 74.3. The Morgan fingerprint density at radius 3 is 1.31 bits per heavy atom. The Kier molecular flexibility index (Phi) is 11.8. The van der Waals surface area contributed by atoms with Gasteiger partial charge in [-0.25, -0.2) is 0 Å². The van der Waals surface area contributed by atoms with Crippen LogP contribution in [0.5, 0.6) is 0 Å². The van der Waals surface area contributed by atoms with Gasteiger partial charge in [0.15, 0.2) is 0 Å². The van der Waals surface area contributed by atoms with Gasteiger partial charge in [-0.2, -0.15) is 0 Å². The van der Waals surface area contributed by atoms with Crippen LogP contribution >= 0.6 is 0 Å². The van der Waals surface area contributed by atoms with E-state index in [9.17, 15) is 0 Å². The number of pyridine rings is 3. The zero-order valence-electron chi connectivity index (χ0n) is 38.5. The highest BCUT2D eigenvalue weighted by Gasteiger charge is 2.18. The van der Waals surface area contributed by atoms with E-state index < -0.39 is 0 Å². The van der Waals surface area contributed by atoms with E-state index in [4.69, 9.17) is 15.0 Å². The minimum atomic E-state index is 0.892. The second-order valence-electron chi connectivity index (χ2n) is 18.0. The number of rotatable bonds is 12. The molecule has 0 saturated carbocycles. The Hall–Kier alpha value is -8.27. The quantitative estimate of drug-likeness (QED) is 0.115. The number of aromatic nitrogens is 3. The standard InChI is InChI=1S/C65H51N3/c1-44-45(2)60-39-53(32-33-59(60)57-24-14-12-22-55(44)57)61-40-65(52-20-10-5-11-21-52)68-43-62(61)58-25-15-13-23-56(58)54-37-48(28-26-46-30-34-63(66-41-46)50-16-6-3-7-17-50)36-49(38-54)29-27-47-31-35-64(67-42-47)51-18-8-4-9-19-51/h3-25,30-43H,26-29H2,1-2H3. The molecule has 0 aliphatic carbocycles. The van der Waals surface area contributed by atoms with Crippen molar-refractivity contribution in [2.75, 3.05) is 0 Å². The van der Waals surface area contributed by atoms with Crippen LogP contribution in [0.1, 0.15) is 33.4 Å². The van der Waals surface area contributed by atoms with Crippen LogP contribution in [-0.4, -0.2) is 15.0 Å². The molecule has 3 nitrogen and oxygen atoms in total. The highest BCUT2D eigenvalue weighted by Crippen LogP contribution is 2.42. The van der Waals surface area contributed by atoms with E-state index in [1.807, 2.05) is 24.5 Å². The Balaban J connectivity index is 0.992. The molecule has 0 fully saturated rings. The molecule has 0 saturated heterocycles. The Morgan fingerprint density at radius 2 is 0.735 bits per heavy atom. The molecule has 11 rings (SSSR count). The summed E-state index contributed by atoms with van der Waals surface area (Å²) >= 11 is 0. The fourth-order valence-electron chi connectivity index (χ4n) is 9.84. The average molecular weight is 874 g/mol. The van der Waals surface area contributed by atoms with Crippen molar-refractivity contribution >= 4 is 21.5 Å². The van der Waals surface area contributed by atoms with Crippen LogP contribution in [0.4, 0.5) is 0 Å². The monoisotopic (exact) mass is 873 g/mol. The predicted molar refractivity (Wildman–Crippen MR) is 285 cm³/mol. The molecule has 0 aliphatic heterocycles. The topological polar surface area (TPSA) is 38.7 Å². The number of fused-ring (bicyclic) bond motifs is 3. The summed E-state index contributed by atoms with van der Waals surface area (Å²) < 4.78 is 0. The molecule has 3 aromatic heterocycles. The lowest BCUT2D eigenvalue weighted by atomic mass is 9.86. The third-order valence-corrected chi connectivity index (χ3v) is 13.7. The van der Waals surface area contributed by atoms with Crippen LogP contribution < -0.4 is 0 Å². The van der Waals surface area contributed by atoms with Gasteiger partial charge in [-0.15, -0.1) is 0 Å². The van der Waals surface area contributed by atoms with Gasteiger partial charge in [-0.3, -0.25) is 15.0 Å². The van der Waals surface area contributed by atoms with Crippen LogP contribution in [0.15, 0.2) is 225 Å². The molecule has 0 aliphatic rings. The average Bonchev–Trinajstić information content (AvgIpc) is 3.42. The highest BCUT2D eigenvalue weighted by molar-refractivity contribution is 6.12. The van der Waals surface area contributed by atoms with Crippen molar-refractivity contribution in [2.45, 2.75) is 39.5 Å². The number of aryl methyl sites for hydroxylation is 6. The molecule has 0 radical (unpaired) electrons. The van der Waals surface area contributed by atoms with E-state index in [-0.39, 0.29) is 0 Å². The number of nitrogens with zero attached hydrogens (tertiary/aromatic N) is 3. The lowest BCUT2D eigenvalue weighted by Crippen LogP contribution is -1.99. The van der Waals surface area contributed by atoms with Gasteiger partial charge in [0, 0.05) is 40.8 Å². The van der Waals surface area contributed by atoms with Crippen molar-refractivity contribution in [1.29, 1.82) is 0 Å². The van der Waals surface area contributed by atoms with Crippen LogP contribution in [0.2, 0.25) is 0 Å². The molecular weight excluding hydrogens is 823 g/mol. The normalized spacial score (nSPS) is 11.3. The minimum absolute atomic E-state index is 0.892. The van der Waals surface area contributed by atoms with Gasteiger partial charge in [0.2, 0.25) is 0 Å². The van der Waals surface area contributed by atoms with Crippen molar-refractivity contribution in [3.05, 3.63) is 258 Å². The van der Waals surface area contributed by atoms with Gasteiger partial charge in [0.05, 0.1) is 17.1 Å². The van der Waals surface area contributed by atoms with E-state index in [1.165, 1.54) is 71.6 Å². The first kappa shape index (κ1) is 42.4. The summed E-state index contributed by atoms with van der Waals surface area (Å²) in [7, 11) is 0. The molecule has 3 heterocycles. The first-order chi connectivity index (χ1) is 33.5. The Labute approximate surface area is 399 Å². The Bertz CT molecular complexity index is 3440. The lowest BCUT2D eigenvalue weighted by molar-refractivity contribution is 0.923.